The van der Waals surface area contributed by atoms with Gasteiger partial charge in [-0.05, 0) is 37.1 Å². The number of hydrogen-bond acceptors (Lipinski definition) is 3. The zero-order valence-corrected chi connectivity index (χ0v) is 8.80. The van der Waals surface area contributed by atoms with Gasteiger partial charge in [-0.1, -0.05) is 0 Å². The predicted molar refractivity (Wildman–Crippen MR) is 59.8 cm³/mol. The molecule has 16 heavy (non-hydrogen) atoms. The third-order valence-electron chi connectivity index (χ3n) is 2.90. The van der Waals surface area contributed by atoms with Crippen LogP contribution in [0.4, 0.5) is 5.69 Å². The average Bonchev–Trinajstić information content (AvgIpc) is 2.78. The Balaban J connectivity index is 2.22. The minimum Gasteiger partial charge on any atom is -0.480 e. The van der Waals surface area contributed by atoms with Crippen LogP contribution in [0.15, 0.2) is 24.3 Å². The van der Waals surface area contributed by atoms with E-state index in [0.29, 0.717) is 12.0 Å². The molecule has 1 aliphatic rings. The van der Waals surface area contributed by atoms with Gasteiger partial charge >= 0.3 is 5.97 Å². The van der Waals surface area contributed by atoms with Crippen LogP contribution in [-0.4, -0.2) is 29.9 Å². The van der Waals surface area contributed by atoms with E-state index in [4.69, 9.17) is 5.11 Å². The standard InChI is InChI=1S/C12H13NO3/c14-8-9-3-5-10(6-4-9)13-7-1-2-11(13)12(15)16/h3-6,8,11H,1-2,7H2,(H,15,16). The van der Waals surface area contributed by atoms with Crippen LogP contribution in [-0.2, 0) is 4.79 Å². The lowest BCUT2D eigenvalue weighted by Crippen LogP contribution is -2.35. The van der Waals surface area contributed by atoms with Crippen LogP contribution in [0.3, 0.4) is 0 Å². The van der Waals surface area contributed by atoms with Crippen LogP contribution in [0.5, 0.6) is 0 Å². The molecule has 0 bridgehead atoms. The number of benzene rings is 1. The average molecular weight is 219 g/mol. The first-order valence-corrected chi connectivity index (χ1v) is 5.27. The molecule has 1 aromatic rings. The zero-order valence-electron chi connectivity index (χ0n) is 8.80. The van der Waals surface area contributed by atoms with Crippen LogP contribution in [0, 0.1) is 0 Å². The van der Waals surface area contributed by atoms with Crippen molar-refractivity contribution in [2.45, 2.75) is 18.9 Å². The van der Waals surface area contributed by atoms with Gasteiger partial charge in [0.15, 0.2) is 0 Å². The van der Waals surface area contributed by atoms with Crippen molar-refractivity contribution in [2.75, 3.05) is 11.4 Å². The number of aldehydes is 1. The molecule has 0 aromatic heterocycles. The monoisotopic (exact) mass is 219 g/mol. The van der Waals surface area contributed by atoms with E-state index in [1.807, 2.05) is 4.90 Å². The quantitative estimate of drug-likeness (QED) is 0.784. The van der Waals surface area contributed by atoms with E-state index in [0.717, 1.165) is 24.9 Å². The summed E-state index contributed by atoms with van der Waals surface area (Å²) in [6.45, 7) is 0.761. The predicted octanol–water partition coefficient (Wildman–Crippen LogP) is 1.55. The third-order valence-corrected chi connectivity index (χ3v) is 2.90. The highest BCUT2D eigenvalue weighted by Gasteiger charge is 2.30. The number of rotatable bonds is 3. The molecule has 0 radical (unpaired) electrons. The van der Waals surface area contributed by atoms with Gasteiger partial charge in [0.05, 0.1) is 0 Å². The van der Waals surface area contributed by atoms with E-state index in [-0.39, 0.29) is 0 Å². The van der Waals surface area contributed by atoms with Crippen molar-refractivity contribution in [1.29, 1.82) is 0 Å². The summed E-state index contributed by atoms with van der Waals surface area (Å²) >= 11 is 0. The molecule has 0 saturated carbocycles. The van der Waals surface area contributed by atoms with Crippen molar-refractivity contribution in [1.82, 2.24) is 0 Å². The number of anilines is 1. The van der Waals surface area contributed by atoms with Crippen molar-refractivity contribution in [3.63, 3.8) is 0 Å². The second-order valence-corrected chi connectivity index (χ2v) is 3.90. The number of aliphatic carboxylic acids is 1. The molecule has 0 amide bonds. The van der Waals surface area contributed by atoms with E-state index in [9.17, 15) is 9.59 Å². The van der Waals surface area contributed by atoms with Crippen molar-refractivity contribution in [3.8, 4) is 0 Å². The summed E-state index contributed by atoms with van der Waals surface area (Å²) in [4.78, 5) is 23.4. The van der Waals surface area contributed by atoms with E-state index < -0.39 is 12.0 Å². The Labute approximate surface area is 93.5 Å². The Morgan fingerprint density at radius 1 is 1.38 bits per heavy atom. The first-order valence-electron chi connectivity index (χ1n) is 5.27. The molecule has 1 atom stereocenters. The number of hydrogen-bond donors (Lipinski definition) is 1. The second-order valence-electron chi connectivity index (χ2n) is 3.90. The molecule has 0 spiro atoms. The molecule has 1 fully saturated rings. The molecular weight excluding hydrogens is 206 g/mol. The van der Waals surface area contributed by atoms with Gasteiger partial charge in [0.1, 0.15) is 12.3 Å². The molecule has 2 rings (SSSR count). The topological polar surface area (TPSA) is 57.6 Å². The molecule has 4 nitrogen and oxygen atoms in total. The van der Waals surface area contributed by atoms with E-state index in [2.05, 4.69) is 0 Å². The van der Waals surface area contributed by atoms with E-state index in [1.54, 1.807) is 24.3 Å². The van der Waals surface area contributed by atoms with E-state index >= 15 is 0 Å². The SMILES string of the molecule is O=Cc1ccc(N2CCCC2C(=O)O)cc1. The largest absolute Gasteiger partial charge is 0.480 e. The molecule has 1 aromatic carbocycles. The highest BCUT2D eigenvalue weighted by Crippen LogP contribution is 2.25. The fraction of sp³-hybridized carbons (Fsp3) is 0.333. The summed E-state index contributed by atoms with van der Waals surface area (Å²) in [6, 6.07) is 6.58. The first kappa shape index (κ1) is 10.7. The van der Waals surface area contributed by atoms with Gasteiger partial charge in [-0.3, -0.25) is 4.79 Å². The first-order chi connectivity index (χ1) is 7.72. The van der Waals surface area contributed by atoms with Crippen molar-refractivity contribution in [3.05, 3.63) is 29.8 Å². The minimum absolute atomic E-state index is 0.429. The highest BCUT2D eigenvalue weighted by atomic mass is 16.4. The number of carbonyl (C=O) groups is 2. The molecule has 1 saturated heterocycles. The van der Waals surface area contributed by atoms with Crippen LogP contribution < -0.4 is 4.90 Å². The van der Waals surface area contributed by atoms with Crippen molar-refractivity contribution >= 4 is 17.9 Å². The summed E-state index contributed by atoms with van der Waals surface area (Å²) in [7, 11) is 0. The van der Waals surface area contributed by atoms with Crippen LogP contribution in [0.1, 0.15) is 23.2 Å². The molecule has 1 unspecified atom stereocenters. The summed E-state index contributed by atoms with van der Waals surface area (Å²) in [6.07, 6.45) is 2.36. The molecule has 4 heteroatoms. The number of carbonyl (C=O) groups excluding carboxylic acids is 1. The number of carboxylic acid groups (broad SMARTS) is 1. The van der Waals surface area contributed by atoms with Gasteiger partial charge in [-0.15, -0.1) is 0 Å². The van der Waals surface area contributed by atoms with Crippen molar-refractivity contribution in [2.24, 2.45) is 0 Å². The summed E-state index contributed by atoms with van der Waals surface area (Å²) < 4.78 is 0. The molecular formula is C12H13NO3. The van der Waals surface area contributed by atoms with Crippen LogP contribution >= 0.6 is 0 Å². The normalized spacial score (nSPS) is 19.8. The third kappa shape index (κ3) is 1.91. The highest BCUT2D eigenvalue weighted by molar-refractivity contribution is 5.80. The van der Waals surface area contributed by atoms with Gasteiger partial charge in [-0.2, -0.15) is 0 Å². The summed E-state index contributed by atoms with van der Waals surface area (Å²) in [5, 5.41) is 9.05. The van der Waals surface area contributed by atoms with Crippen LogP contribution in [0.2, 0.25) is 0 Å². The van der Waals surface area contributed by atoms with Gasteiger partial charge < -0.3 is 10.0 Å². The molecule has 84 valence electrons. The van der Waals surface area contributed by atoms with Gasteiger partial charge in [-0.25, -0.2) is 4.79 Å². The maximum absolute atomic E-state index is 11.0. The summed E-state index contributed by atoms with van der Waals surface area (Å²) in [5.41, 5.74) is 1.48. The number of carboxylic acids is 1. The second kappa shape index (κ2) is 4.35. The Morgan fingerprint density at radius 3 is 2.62 bits per heavy atom. The fourth-order valence-electron chi connectivity index (χ4n) is 2.08. The van der Waals surface area contributed by atoms with Crippen LogP contribution in [0.25, 0.3) is 0 Å². The Kier molecular flexibility index (Phi) is 2.90. The maximum atomic E-state index is 11.0. The minimum atomic E-state index is -0.781. The molecule has 1 heterocycles. The lowest BCUT2D eigenvalue weighted by atomic mass is 10.2. The smallest absolute Gasteiger partial charge is 0.326 e. The maximum Gasteiger partial charge on any atom is 0.326 e. The Morgan fingerprint density at radius 2 is 2.06 bits per heavy atom. The molecule has 0 aliphatic carbocycles. The molecule has 1 aliphatic heterocycles. The lowest BCUT2D eigenvalue weighted by molar-refractivity contribution is -0.138. The van der Waals surface area contributed by atoms with Gasteiger partial charge in [0.2, 0.25) is 0 Å². The van der Waals surface area contributed by atoms with Crippen molar-refractivity contribution < 1.29 is 14.7 Å². The fourth-order valence-corrected chi connectivity index (χ4v) is 2.08. The van der Waals surface area contributed by atoms with Gasteiger partial charge in [0.25, 0.3) is 0 Å². The Bertz CT molecular complexity index is 399. The summed E-state index contributed by atoms with van der Waals surface area (Å²) in [5.74, 6) is -0.781. The Hall–Kier alpha value is -1.84. The van der Waals surface area contributed by atoms with Gasteiger partial charge in [0, 0.05) is 17.8 Å². The molecule has 1 N–H and O–H groups in total. The zero-order chi connectivity index (χ0) is 11.5. The lowest BCUT2D eigenvalue weighted by Gasteiger charge is -2.23. The number of nitrogens with zero attached hydrogens (tertiary/aromatic N) is 1. The van der Waals surface area contributed by atoms with E-state index in [1.165, 1.54) is 0 Å².